The van der Waals surface area contributed by atoms with E-state index in [4.69, 9.17) is 18.6 Å². The van der Waals surface area contributed by atoms with Gasteiger partial charge in [0.2, 0.25) is 0 Å². The lowest BCUT2D eigenvalue weighted by Gasteiger charge is -2.22. The minimum atomic E-state index is 0.353. The smallest absolute Gasteiger partial charge is 0.316 e. The Balaban J connectivity index is 1.83. The fourth-order valence-corrected chi connectivity index (χ4v) is 2.83. The van der Waals surface area contributed by atoms with Gasteiger partial charge in [-0.3, -0.25) is 4.90 Å². The summed E-state index contributed by atoms with van der Waals surface area (Å²) in [7, 11) is 4.87. The molecule has 2 heterocycles. The predicted octanol–water partition coefficient (Wildman–Crippen LogP) is 3.30. The van der Waals surface area contributed by atoms with E-state index in [1.807, 2.05) is 30.3 Å². The second-order valence-corrected chi connectivity index (χ2v) is 5.98. The number of ether oxygens (including phenoxy) is 3. The van der Waals surface area contributed by atoms with Gasteiger partial charge in [0.15, 0.2) is 0 Å². The van der Waals surface area contributed by atoms with Gasteiger partial charge in [-0.05, 0) is 30.3 Å². The highest BCUT2D eigenvalue weighted by molar-refractivity contribution is 5.40. The number of hydrogen-bond acceptors (Lipinski definition) is 7. The zero-order valence-corrected chi connectivity index (χ0v) is 15.7. The predicted molar refractivity (Wildman–Crippen MR) is 99.8 cm³/mol. The van der Waals surface area contributed by atoms with Crippen LogP contribution in [0.15, 0.2) is 53.4 Å². The lowest BCUT2D eigenvalue weighted by Crippen LogP contribution is -2.22. The maximum atomic E-state index is 5.53. The highest BCUT2D eigenvalue weighted by Crippen LogP contribution is 2.26. The van der Waals surface area contributed by atoms with E-state index in [0.717, 1.165) is 28.4 Å². The standard InChI is InChI=1S/C20H23N3O4/c1-24-17-6-7-19(25-2)16(9-17)13-23(14-18-5-4-8-27-18)12-15-10-21-20(26-3)22-11-15/h4-11H,12-14H2,1-3H3. The molecule has 0 saturated carbocycles. The summed E-state index contributed by atoms with van der Waals surface area (Å²) in [5.74, 6) is 2.48. The zero-order valence-electron chi connectivity index (χ0n) is 15.7. The van der Waals surface area contributed by atoms with E-state index in [2.05, 4.69) is 14.9 Å². The molecular formula is C20H23N3O4. The molecule has 1 aromatic carbocycles. The first-order valence-electron chi connectivity index (χ1n) is 8.52. The highest BCUT2D eigenvalue weighted by atomic mass is 16.5. The van der Waals surface area contributed by atoms with Crippen molar-refractivity contribution >= 4 is 0 Å². The van der Waals surface area contributed by atoms with Crippen LogP contribution in [0.5, 0.6) is 17.5 Å². The number of hydrogen-bond donors (Lipinski definition) is 0. The summed E-state index contributed by atoms with van der Waals surface area (Å²) in [5, 5.41) is 0. The minimum Gasteiger partial charge on any atom is -0.497 e. The van der Waals surface area contributed by atoms with Crippen molar-refractivity contribution in [1.82, 2.24) is 14.9 Å². The minimum absolute atomic E-state index is 0.353. The van der Waals surface area contributed by atoms with Gasteiger partial charge in [0.1, 0.15) is 17.3 Å². The van der Waals surface area contributed by atoms with Crippen LogP contribution in [0.25, 0.3) is 0 Å². The van der Waals surface area contributed by atoms with Crippen LogP contribution in [0.1, 0.15) is 16.9 Å². The van der Waals surface area contributed by atoms with Crippen molar-refractivity contribution in [3.8, 4) is 17.5 Å². The molecule has 0 saturated heterocycles. The normalized spacial score (nSPS) is 10.8. The molecule has 27 heavy (non-hydrogen) atoms. The quantitative estimate of drug-likeness (QED) is 0.573. The van der Waals surface area contributed by atoms with Crippen molar-refractivity contribution in [3.63, 3.8) is 0 Å². The maximum Gasteiger partial charge on any atom is 0.316 e. The Morgan fingerprint density at radius 2 is 1.74 bits per heavy atom. The lowest BCUT2D eigenvalue weighted by molar-refractivity contribution is 0.222. The van der Waals surface area contributed by atoms with E-state index in [9.17, 15) is 0 Å². The van der Waals surface area contributed by atoms with Crippen molar-refractivity contribution in [3.05, 3.63) is 65.9 Å². The van der Waals surface area contributed by atoms with Gasteiger partial charge in [0.05, 0.1) is 34.1 Å². The number of methoxy groups -OCH3 is 3. The number of nitrogens with zero attached hydrogens (tertiary/aromatic N) is 3. The third kappa shape index (κ3) is 4.98. The van der Waals surface area contributed by atoms with Gasteiger partial charge >= 0.3 is 6.01 Å². The number of furan rings is 1. The molecule has 0 atom stereocenters. The van der Waals surface area contributed by atoms with Gasteiger partial charge in [-0.25, -0.2) is 9.97 Å². The summed E-state index contributed by atoms with van der Waals surface area (Å²) in [6.45, 7) is 1.93. The average Bonchev–Trinajstić information content (AvgIpc) is 3.21. The molecule has 142 valence electrons. The second kappa shape index (κ2) is 9.05. The molecule has 0 radical (unpaired) electrons. The van der Waals surface area contributed by atoms with Gasteiger partial charge in [-0.15, -0.1) is 0 Å². The molecule has 0 aliphatic carbocycles. The monoisotopic (exact) mass is 369 g/mol. The fourth-order valence-electron chi connectivity index (χ4n) is 2.83. The topological polar surface area (TPSA) is 69.9 Å². The largest absolute Gasteiger partial charge is 0.497 e. The summed E-state index contributed by atoms with van der Waals surface area (Å²) in [5.41, 5.74) is 2.00. The van der Waals surface area contributed by atoms with E-state index >= 15 is 0 Å². The molecule has 7 nitrogen and oxygen atoms in total. The molecule has 0 spiro atoms. The molecule has 3 aromatic rings. The highest BCUT2D eigenvalue weighted by Gasteiger charge is 2.14. The average molecular weight is 369 g/mol. The Hall–Kier alpha value is -3.06. The Labute approximate surface area is 158 Å². The van der Waals surface area contributed by atoms with Crippen LogP contribution >= 0.6 is 0 Å². The van der Waals surface area contributed by atoms with Gasteiger partial charge in [-0.1, -0.05) is 0 Å². The van der Waals surface area contributed by atoms with E-state index in [0.29, 0.717) is 25.6 Å². The number of rotatable bonds is 9. The SMILES string of the molecule is COc1ccc(OC)c(CN(Cc2cnc(OC)nc2)Cc2ccco2)c1. The number of benzene rings is 1. The third-order valence-electron chi connectivity index (χ3n) is 4.11. The molecular weight excluding hydrogens is 346 g/mol. The van der Waals surface area contributed by atoms with Crippen LogP contribution in [0.3, 0.4) is 0 Å². The van der Waals surface area contributed by atoms with E-state index in [-0.39, 0.29) is 0 Å². The Morgan fingerprint density at radius 3 is 2.37 bits per heavy atom. The molecule has 7 heteroatoms. The first kappa shape index (κ1) is 18.7. The van der Waals surface area contributed by atoms with E-state index in [1.165, 1.54) is 0 Å². The Bertz CT molecular complexity index is 835. The zero-order chi connectivity index (χ0) is 19.1. The van der Waals surface area contributed by atoms with E-state index in [1.54, 1.807) is 40.0 Å². The van der Waals surface area contributed by atoms with Crippen LogP contribution in [0, 0.1) is 0 Å². The molecule has 0 unspecified atom stereocenters. The second-order valence-electron chi connectivity index (χ2n) is 5.98. The van der Waals surface area contributed by atoms with Crippen molar-refractivity contribution in [1.29, 1.82) is 0 Å². The lowest BCUT2D eigenvalue weighted by atomic mass is 10.1. The molecule has 0 aliphatic rings. The first-order valence-corrected chi connectivity index (χ1v) is 8.52. The summed E-state index contributed by atoms with van der Waals surface area (Å²) in [4.78, 5) is 10.6. The first-order chi connectivity index (χ1) is 13.2. The van der Waals surface area contributed by atoms with Gasteiger partial charge in [0.25, 0.3) is 0 Å². The van der Waals surface area contributed by atoms with Gasteiger partial charge < -0.3 is 18.6 Å². The summed E-state index contributed by atoms with van der Waals surface area (Å²) in [6.07, 6.45) is 5.21. The van der Waals surface area contributed by atoms with Gasteiger partial charge in [0, 0.05) is 36.6 Å². The molecule has 0 amide bonds. The molecule has 2 aromatic heterocycles. The molecule has 0 N–H and O–H groups in total. The Morgan fingerprint density at radius 1 is 0.926 bits per heavy atom. The van der Waals surface area contributed by atoms with Crippen molar-refractivity contribution in [2.75, 3.05) is 21.3 Å². The fraction of sp³-hybridized carbons (Fsp3) is 0.300. The van der Waals surface area contributed by atoms with Crippen LogP contribution in [0.4, 0.5) is 0 Å². The molecule has 3 rings (SSSR count). The van der Waals surface area contributed by atoms with Crippen LogP contribution in [-0.4, -0.2) is 36.2 Å². The summed E-state index contributed by atoms with van der Waals surface area (Å²) in [6, 6.07) is 9.98. The maximum absolute atomic E-state index is 5.53. The number of aromatic nitrogens is 2. The van der Waals surface area contributed by atoms with Crippen molar-refractivity contribution in [2.24, 2.45) is 0 Å². The van der Waals surface area contributed by atoms with Crippen LogP contribution < -0.4 is 14.2 Å². The molecule has 0 fully saturated rings. The van der Waals surface area contributed by atoms with Crippen LogP contribution in [0.2, 0.25) is 0 Å². The summed E-state index contributed by atoms with van der Waals surface area (Å²) >= 11 is 0. The van der Waals surface area contributed by atoms with Crippen molar-refractivity contribution in [2.45, 2.75) is 19.6 Å². The van der Waals surface area contributed by atoms with Crippen LogP contribution in [-0.2, 0) is 19.6 Å². The molecule has 0 aliphatic heterocycles. The molecule has 0 bridgehead atoms. The van der Waals surface area contributed by atoms with Crippen molar-refractivity contribution < 1.29 is 18.6 Å². The Kier molecular flexibility index (Phi) is 6.27. The van der Waals surface area contributed by atoms with E-state index < -0.39 is 0 Å². The summed E-state index contributed by atoms with van der Waals surface area (Å²) < 4.78 is 21.4. The third-order valence-corrected chi connectivity index (χ3v) is 4.11. The van der Waals surface area contributed by atoms with Gasteiger partial charge in [-0.2, -0.15) is 0 Å².